The Morgan fingerprint density at radius 3 is 2.44 bits per heavy atom. The fraction of sp³-hybridized carbons (Fsp3) is 0.923. The highest BCUT2D eigenvalue weighted by Crippen LogP contribution is 2.18. The summed E-state index contributed by atoms with van der Waals surface area (Å²) in [5, 5.41) is 12.4. The van der Waals surface area contributed by atoms with Gasteiger partial charge in [0, 0.05) is 51.4 Å². The van der Waals surface area contributed by atoms with Crippen LogP contribution in [0.15, 0.2) is 0 Å². The zero-order chi connectivity index (χ0) is 13.1. The third kappa shape index (κ3) is 3.22. The summed E-state index contributed by atoms with van der Waals surface area (Å²) in [6, 6.07) is 1.01. The van der Waals surface area contributed by atoms with Crippen LogP contribution in [0, 0.1) is 5.92 Å². The van der Waals surface area contributed by atoms with E-state index in [1.54, 1.807) is 0 Å². The Balaban J connectivity index is 1.84. The number of carbonyl (C=O) groups is 1. The molecule has 2 aliphatic rings. The first kappa shape index (κ1) is 13.8. The van der Waals surface area contributed by atoms with Crippen LogP contribution in [-0.2, 0) is 4.79 Å². The molecule has 5 nitrogen and oxygen atoms in total. The number of piperazine rings is 1. The van der Waals surface area contributed by atoms with Crippen LogP contribution in [-0.4, -0.2) is 72.2 Å². The predicted octanol–water partition coefficient (Wildman–Crippen LogP) is 0.0751. The van der Waals surface area contributed by atoms with E-state index in [9.17, 15) is 4.79 Å². The molecule has 2 fully saturated rings. The SMILES string of the molecule is CC(C)N1CCN([C@H]2CNC[C@H](C(=O)O)C2)CC1. The van der Waals surface area contributed by atoms with Gasteiger partial charge >= 0.3 is 5.97 Å². The van der Waals surface area contributed by atoms with Gasteiger partial charge in [-0.3, -0.25) is 14.6 Å². The van der Waals surface area contributed by atoms with Crippen LogP contribution >= 0.6 is 0 Å². The highest BCUT2D eigenvalue weighted by Gasteiger charge is 2.32. The molecule has 18 heavy (non-hydrogen) atoms. The maximum absolute atomic E-state index is 11.1. The summed E-state index contributed by atoms with van der Waals surface area (Å²) in [6.07, 6.45) is 0.796. The molecule has 0 aromatic carbocycles. The van der Waals surface area contributed by atoms with E-state index in [0.717, 1.165) is 39.1 Å². The molecule has 0 unspecified atom stereocenters. The van der Waals surface area contributed by atoms with Crippen LogP contribution in [0.2, 0.25) is 0 Å². The lowest BCUT2D eigenvalue weighted by atomic mass is 9.94. The topological polar surface area (TPSA) is 55.8 Å². The number of hydrogen-bond donors (Lipinski definition) is 2. The Labute approximate surface area is 109 Å². The van der Waals surface area contributed by atoms with Crippen molar-refractivity contribution >= 4 is 5.97 Å². The van der Waals surface area contributed by atoms with Gasteiger partial charge in [0.05, 0.1) is 5.92 Å². The molecule has 0 aliphatic carbocycles. The smallest absolute Gasteiger partial charge is 0.307 e. The van der Waals surface area contributed by atoms with Crippen molar-refractivity contribution in [3.63, 3.8) is 0 Å². The largest absolute Gasteiger partial charge is 0.481 e. The Hall–Kier alpha value is -0.650. The molecule has 0 saturated carbocycles. The number of nitrogens with one attached hydrogen (secondary N) is 1. The van der Waals surface area contributed by atoms with Crippen LogP contribution < -0.4 is 5.32 Å². The van der Waals surface area contributed by atoms with Gasteiger partial charge in [0.25, 0.3) is 0 Å². The number of hydrogen-bond acceptors (Lipinski definition) is 4. The maximum Gasteiger partial charge on any atom is 0.307 e. The summed E-state index contributed by atoms with van der Waals surface area (Å²) in [7, 11) is 0. The molecule has 0 spiro atoms. The summed E-state index contributed by atoms with van der Waals surface area (Å²) in [4.78, 5) is 16.0. The Kier molecular flexibility index (Phi) is 4.59. The zero-order valence-corrected chi connectivity index (χ0v) is 11.4. The van der Waals surface area contributed by atoms with Crippen molar-refractivity contribution in [2.45, 2.75) is 32.4 Å². The third-order valence-corrected chi connectivity index (χ3v) is 4.27. The van der Waals surface area contributed by atoms with Crippen LogP contribution in [0.1, 0.15) is 20.3 Å². The number of piperidine rings is 1. The summed E-state index contributed by atoms with van der Waals surface area (Å²) in [5.41, 5.74) is 0. The molecule has 104 valence electrons. The number of carboxylic acids is 1. The normalized spacial score (nSPS) is 31.7. The maximum atomic E-state index is 11.1. The first-order valence-corrected chi connectivity index (χ1v) is 6.99. The quantitative estimate of drug-likeness (QED) is 0.748. The highest BCUT2D eigenvalue weighted by atomic mass is 16.4. The van der Waals surface area contributed by atoms with E-state index in [-0.39, 0.29) is 5.92 Å². The molecular weight excluding hydrogens is 230 g/mol. The van der Waals surface area contributed by atoms with Gasteiger partial charge in [-0.1, -0.05) is 0 Å². The van der Waals surface area contributed by atoms with Crippen LogP contribution in [0.5, 0.6) is 0 Å². The molecule has 0 aromatic rings. The Bertz CT molecular complexity index is 288. The van der Waals surface area contributed by atoms with E-state index in [0.29, 0.717) is 18.6 Å². The van der Waals surface area contributed by atoms with E-state index in [1.807, 2.05) is 0 Å². The minimum atomic E-state index is -0.659. The van der Waals surface area contributed by atoms with E-state index >= 15 is 0 Å². The number of carboxylic acid groups (broad SMARTS) is 1. The van der Waals surface area contributed by atoms with Gasteiger partial charge in [0.1, 0.15) is 0 Å². The summed E-state index contributed by atoms with van der Waals surface area (Å²) < 4.78 is 0. The minimum Gasteiger partial charge on any atom is -0.481 e. The van der Waals surface area contributed by atoms with Gasteiger partial charge < -0.3 is 10.4 Å². The second-order valence-corrected chi connectivity index (χ2v) is 5.75. The lowest BCUT2D eigenvalue weighted by Gasteiger charge is -2.43. The van der Waals surface area contributed by atoms with Crippen molar-refractivity contribution in [1.29, 1.82) is 0 Å². The molecule has 0 aromatic heterocycles. The number of rotatable bonds is 3. The van der Waals surface area contributed by atoms with Gasteiger partial charge in [-0.25, -0.2) is 0 Å². The van der Waals surface area contributed by atoms with Gasteiger partial charge in [0.15, 0.2) is 0 Å². The van der Waals surface area contributed by atoms with Crippen LogP contribution in [0.4, 0.5) is 0 Å². The number of nitrogens with zero attached hydrogens (tertiary/aromatic N) is 2. The van der Waals surface area contributed by atoms with Crippen LogP contribution in [0.3, 0.4) is 0 Å². The molecule has 5 heteroatoms. The second-order valence-electron chi connectivity index (χ2n) is 5.75. The van der Waals surface area contributed by atoms with Crippen molar-refractivity contribution in [2.75, 3.05) is 39.3 Å². The monoisotopic (exact) mass is 255 g/mol. The molecule has 0 amide bonds. The van der Waals surface area contributed by atoms with E-state index < -0.39 is 5.97 Å². The third-order valence-electron chi connectivity index (χ3n) is 4.27. The van der Waals surface area contributed by atoms with Crippen molar-refractivity contribution in [3.05, 3.63) is 0 Å². The fourth-order valence-electron chi connectivity index (χ4n) is 3.00. The molecule has 2 saturated heterocycles. The molecule has 0 bridgehead atoms. The first-order valence-electron chi connectivity index (χ1n) is 6.99. The first-order chi connectivity index (χ1) is 8.58. The standard InChI is InChI=1S/C13H25N3O2/c1-10(2)15-3-5-16(6-4-15)12-7-11(13(17)18)8-14-9-12/h10-12,14H,3-9H2,1-2H3,(H,17,18)/t11-,12-/m1/s1. The van der Waals surface area contributed by atoms with Crippen molar-refractivity contribution in [1.82, 2.24) is 15.1 Å². The van der Waals surface area contributed by atoms with Crippen LogP contribution in [0.25, 0.3) is 0 Å². The Morgan fingerprint density at radius 2 is 1.89 bits per heavy atom. The number of aliphatic carboxylic acids is 1. The average molecular weight is 255 g/mol. The lowest BCUT2D eigenvalue weighted by Crippen LogP contribution is -2.57. The lowest BCUT2D eigenvalue weighted by molar-refractivity contribution is -0.143. The van der Waals surface area contributed by atoms with Gasteiger partial charge in [-0.2, -0.15) is 0 Å². The molecule has 2 rings (SSSR count). The molecule has 2 atom stereocenters. The van der Waals surface area contributed by atoms with Gasteiger partial charge in [-0.05, 0) is 20.3 Å². The molecular formula is C13H25N3O2. The van der Waals surface area contributed by atoms with Crippen molar-refractivity contribution in [2.24, 2.45) is 5.92 Å². The fourth-order valence-corrected chi connectivity index (χ4v) is 3.00. The second kappa shape index (κ2) is 5.99. The highest BCUT2D eigenvalue weighted by molar-refractivity contribution is 5.70. The van der Waals surface area contributed by atoms with Gasteiger partial charge in [0.2, 0.25) is 0 Å². The average Bonchev–Trinajstić information content (AvgIpc) is 2.39. The minimum absolute atomic E-state index is 0.216. The van der Waals surface area contributed by atoms with E-state index in [2.05, 4.69) is 29.0 Å². The van der Waals surface area contributed by atoms with E-state index in [4.69, 9.17) is 5.11 Å². The summed E-state index contributed by atoms with van der Waals surface area (Å²) in [6.45, 7) is 10.4. The summed E-state index contributed by atoms with van der Waals surface area (Å²) >= 11 is 0. The molecule has 0 radical (unpaired) electrons. The Morgan fingerprint density at radius 1 is 1.22 bits per heavy atom. The van der Waals surface area contributed by atoms with E-state index in [1.165, 1.54) is 0 Å². The van der Waals surface area contributed by atoms with Gasteiger partial charge in [-0.15, -0.1) is 0 Å². The molecule has 2 aliphatic heterocycles. The zero-order valence-electron chi connectivity index (χ0n) is 11.4. The molecule has 2 heterocycles. The summed E-state index contributed by atoms with van der Waals surface area (Å²) in [5.74, 6) is -0.875. The van der Waals surface area contributed by atoms with Crippen molar-refractivity contribution in [3.8, 4) is 0 Å². The van der Waals surface area contributed by atoms with Crippen molar-refractivity contribution < 1.29 is 9.90 Å². The predicted molar refractivity (Wildman–Crippen MR) is 70.7 cm³/mol. The molecule has 2 N–H and O–H groups in total.